The number of ether oxygens (including phenoxy) is 1. The van der Waals surface area contributed by atoms with E-state index in [9.17, 15) is 0 Å². The molecule has 1 heterocycles. The second-order valence-corrected chi connectivity index (χ2v) is 10.0. The summed E-state index contributed by atoms with van der Waals surface area (Å²) in [5.74, 6) is 0.881. The Kier molecular flexibility index (Phi) is 5.75. The highest BCUT2D eigenvalue weighted by Crippen LogP contribution is 2.45. The van der Waals surface area contributed by atoms with Crippen LogP contribution in [0.3, 0.4) is 0 Å². The smallest absolute Gasteiger partial charge is 0.196 e. The van der Waals surface area contributed by atoms with E-state index in [1.54, 1.807) is 0 Å². The molecule has 6 aromatic rings. The summed E-state index contributed by atoms with van der Waals surface area (Å²) in [5.41, 5.74) is 13.0. The number of benzene rings is 6. The molecule has 188 valence electrons. The molecule has 2 unspecified atom stereocenters. The lowest BCUT2D eigenvalue weighted by atomic mass is 9.87. The number of hydrogen-bond acceptors (Lipinski definition) is 3. The SMILES string of the molecule is N/C(=C\C(c1ccccc1)c1ccc2ccc3ccc4c(c3c2c1)NC(c1ccccc1)O4)c1ccccc1. The summed E-state index contributed by atoms with van der Waals surface area (Å²) in [7, 11) is 0. The van der Waals surface area contributed by atoms with Crippen LogP contribution in [0.2, 0.25) is 0 Å². The van der Waals surface area contributed by atoms with Crippen LogP contribution in [0.15, 0.2) is 140 Å². The minimum atomic E-state index is -0.212. The van der Waals surface area contributed by atoms with Crippen LogP contribution in [-0.4, -0.2) is 0 Å². The Hall–Kier alpha value is -5.02. The van der Waals surface area contributed by atoms with Crippen molar-refractivity contribution >= 4 is 32.9 Å². The second kappa shape index (κ2) is 9.70. The molecule has 3 heteroatoms. The lowest BCUT2D eigenvalue weighted by molar-refractivity contribution is 0.260. The van der Waals surface area contributed by atoms with Crippen LogP contribution in [0.25, 0.3) is 27.2 Å². The molecule has 6 aromatic carbocycles. The number of rotatable bonds is 5. The number of nitrogens with two attached hydrogens (primary N) is 1. The van der Waals surface area contributed by atoms with E-state index in [0.717, 1.165) is 28.3 Å². The molecule has 0 bridgehead atoms. The van der Waals surface area contributed by atoms with Crippen LogP contribution in [-0.2, 0) is 0 Å². The van der Waals surface area contributed by atoms with Crippen molar-refractivity contribution in [1.82, 2.24) is 0 Å². The van der Waals surface area contributed by atoms with Crippen molar-refractivity contribution in [3.63, 3.8) is 0 Å². The highest BCUT2D eigenvalue weighted by atomic mass is 16.5. The van der Waals surface area contributed by atoms with Gasteiger partial charge in [-0.05, 0) is 51.1 Å². The molecule has 0 spiro atoms. The number of nitrogens with one attached hydrogen (secondary N) is 1. The molecule has 0 saturated heterocycles. The van der Waals surface area contributed by atoms with E-state index in [4.69, 9.17) is 10.5 Å². The van der Waals surface area contributed by atoms with E-state index in [1.807, 2.05) is 36.4 Å². The van der Waals surface area contributed by atoms with Crippen molar-refractivity contribution in [3.05, 3.63) is 162 Å². The minimum absolute atomic E-state index is 0.00380. The summed E-state index contributed by atoms with van der Waals surface area (Å²) in [5, 5.41) is 8.41. The van der Waals surface area contributed by atoms with Gasteiger partial charge in [0.2, 0.25) is 0 Å². The van der Waals surface area contributed by atoms with Crippen molar-refractivity contribution in [2.24, 2.45) is 5.73 Å². The molecule has 1 aliphatic rings. The first kappa shape index (κ1) is 23.1. The van der Waals surface area contributed by atoms with E-state index in [0.29, 0.717) is 0 Å². The second-order valence-electron chi connectivity index (χ2n) is 10.0. The van der Waals surface area contributed by atoms with E-state index in [-0.39, 0.29) is 12.1 Å². The van der Waals surface area contributed by atoms with Crippen LogP contribution in [0.4, 0.5) is 5.69 Å². The maximum atomic E-state index is 6.65. The third kappa shape index (κ3) is 4.28. The molecule has 0 aromatic heterocycles. The summed E-state index contributed by atoms with van der Waals surface area (Å²) < 4.78 is 6.36. The first-order chi connectivity index (χ1) is 19.2. The van der Waals surface area contributed by atoms with Gasteiger partial charge in [0.1, 0.15) is 5.75 Å². The quantitative estimate of drug-likeness (QED) is 0.231. The predicted molar refractivity (Wildman–Crippen MR) is 162 cm³/mol. The zero-order valence-electron chi connectivity index (χ0n) is 21.4. The fourth-order valence-electron chi connectivity index (χ4n) is 5.60. The van der Waals surface area contributed by atoms with E-state index >= 15 is 0 Å². The lowest BCUT2D eigenvalue weighted by Gasteiger charge is -2.18. The van der Waals surface area contributed by atoms with Gasteiger partial charge in [0.15, 0.2) is 6.23 Å². The van der Waals surface area contributed by atoms with Crippen molar-refractivity contribution in [2.45, 2.75) is 12.1 Å². The zero-order chi connectivity index (χ0) is 26.2. The molecule has 1 aliphatic heterocycles. The maximum Gasteiger partial charge on any atom is 0.196 e. The lowest BCUT2D eigenvalue weighted by Crippen LogP contribution is -2.09. The molecule has 0 fully saturated rings. The van der Waals surface area contributed by atoms with E-state index in [2.05, 4.69) is 108 Å². The van der Waals surface area contributed by atoms with Gasteiger partial charge in [0.05, 0.1) is 5.69 Å². The predicted octanol–water partition coefficient (Wildman–Crippen LogP) is 8.63. The summed E-state index contributed by atoms with van der Waals surface area (Å²) in [6.07, 6.45) is 1.96. The minimum Gasteiger partial charge on any atom is -0.464 e. The number of hydrogen-bond donors (Lipinski definition) is 2. The summed E-state index contributed by atoms with van der Waals surface area (Å²) >= 11 is 0. The van der Waals surface area contributed by atoms with Gasteiger partial charge >= 0.3 is 0 Å². The number of allylic oxidation sites excluding steroid dienone is 1. The standard InChI is InChI=1S/C36H28N2O/c37-32(26-12-6-2-7-13-26)23-30(24-10-4-1-5-11-24)29-19-17-25-16-18-27-20-21-33-35(34(27)31(25)22-29)38-36(39-33)28-14-8-3-9-15-28/h1-23,30,36,38H,37H2/b32-23-. The highest BCUT2D eigenvalue weighted by Gasteiger charge is 2.26. The molecule has 3 nitrogen and oxygen atoms in total. The Morgan fingerprint density at radius 1 is 0.692 bits per heavy atom. The topological polar surface area (TPSA) is 47.3 Å². The van der Waals surface area contributed by atoms with Gasteiger partial charge in [-0.3, -0.25) is 0 Å². The Balaban J connectivity index is 1.39. The number of fused-ring (bicyclic) bond motifs is 5. The zero-order valence-corrected chi connectivity index (χ0v) is 21.4. The molecular weight excluding hydrogens is 476 g/mol. The Morgan fingerprint density at radius 2 is 1.33 bits per heavy atom. The van der Waals surface area contributed by atoms with Crippen molar-refractivity contribution in [3.8, 4) is 5.75 Å². The average molecular weight is 505 g/mol. The molecular formula is C36H28N2O. The molecule has 0 amide bonds. The van der Waals surface area contributed by atoms with Crippen molar-refractivity contribution in [2.75, 3.05) is 5.32 Å². The Bertz CT molecular complexity index is 1810. The molecule has 7 rings (SSSR count). The average Bonchev–Trinajstić information content (AvgIpc) is 3.45. The Morgan fingerprint density at radius 3 is 2.10 bits per heavy atom. The third-order valence-corrected chi connectivity index (χ3v) is 7.58. The maximum absolute atomic E-state index is 6.65. The summed E-state index contributed by atoms with van der Waals surface area (Å²) in [6.45, 7) is 0. The normalized spacial score (nSPS) is 15.5. The first-order valence-electron chi connectivity index (χ1n) is 13.3. The molecule has 39 heavy (non-hydrogen) atoms. The fourth-order valence-corrected chi connectivity index (χ4v) is 5.60. The van der Waals surface area contributed by atoms with Crippen molar-refractivity contribution < 1.29 is 4.74 Å². The van der Waals surface area contributed by atoms with Gasteiger partial charge in [-0.1, -0.05) is 121 Å². The van der Waals surface area contributed by atoms with Crippen LogP contribution < -0.4 is 15.8 Å². The van der Waals surface area contributed by atoms with Crippen molar-refractivity contribution in [1.29, 1.82) is 0 Å². The van der Waals surface area contributed by atoms with E-state index < -0.39 is 0 Å². The molecule has 0 saturated carbocycles. The molecule has 0 radical (unpaired) electrons. The molecule has 3 N–H and O–H groups in total. The van der Waals surface area contributed by atoms with Gasteiger partial charge in [0.25, 0.3) is 0 Å². The highest BCUT2D eigenvalue weighted by molar-refractivity contribution is 6.15. The summed E-state index contributed by atoms with van der Waals surface area (Å²) in [4.78, 5) is 0. The third-order valence-electron chi connectivity index (χ3n) is 7.58. The summed E-state index contributed by atoms with van der Waals surface area (Å²) in [6, 6.07) is 46.4. The van der Waals surface area contributed by atoms with Gasteiger partial charge in [-0.15, -0.1) is 0 Å². The van der Waals surface area contributed by atoms with Gasteiger partial charge in [-0.2, -0.15) is 0 Å². The van der Waals surface area contributed by atoms with Crippen LogP contribution in [0, 0.1) is 0 Å². The number of anilines is 1. The van der Waals surface area contributed by atoms with Gasteiger partial charge in [-0.25, -0.2) is 0 Å². The first-order valence-corrected chi connectivity index (χ1v) is 13.3. The largest absolute Gasteiger partial charge is 0.464 e. The Labute approximate surface area is 228 Å². The van der Waals surface area contributed by atoms with Crippen LogP contribution >= 0.6 is 0 Å². The van der Waals surface area contributed by atoms with Gasteiger partial charge in [0, 0.05) is 22.6 Å². The van der Waals surface area contributed by atoms with Crippen LogP contribution in [0.5, 0.6) is 5.75 Å². The van der Waals surface area contributed by atoms with Crippen LogP contribution in [0.1, 0.15) is 34.4 Å². The van der Waals surface area contributed by atoms with E-state index in [1.165, 1.54) is 32.7 Å². The van der Waals surface area contributed by atoms with Gasteiger partial charge < -0.3 is 15.8 Å². The molecule has 2 atom stereocenters. The monoisotopic (exact) mass is 504 g/mol. The fraction of sp³-hybridized carbons (Fsp3) is 0.0556. The molecule has 0 aliphatic carbocycles.